The molecule has 0 aromatic heterocycles. The van der Waals surface area contributed by atoms with Gasteiger partial charge in [0.1, 0.15) is 11.5 Å². The van der Waals surface area contributed by atoms with Crippen LogP contribution in [0, 0.1) is 0 Å². The van der Waals surface area contributed by atoms with Crippen LogP contribution in [0.3, 0.4) is 0 Å². The van der Waals surface area contributed by atoms with E-state index in [4.69, 9.17) is 4.74 Å². The molecule has 0 saturated heterocycles. The summed E-state index contributed by atoms with van der Waals surface area (Å²) in [7, 11) is 1.47. The van der Waals surface area contributed by atoms with E-state index in [1.54, 1.807) is 12.1 Å². The van der Waals surface area contributed by atoms with Gasteiger partial charge in [-0.1, -0.05) is 12.1 Å². The fourth-order valence-corrected chi connectivity index (χ4v) is 1.90. The lowest BCUT2D eigenvalue weighted by Crippen LogP contribution is -2.18. The van der Waals surface area contributed by atoms with Crippen molar-refractivity contribution in [2.45, 2.75) is 12.8 Å². The van der Waals surface area contributed by atoms with E-state index in [-0.39, 0.29) is 16.9 Å². The third-order valence-corrected chi connectivity index (χ3v) is 3.26. The van der Waals surface area contributed by atoms with Crippen LogP contribution in [-0.4, -0.2) is 24.3 Å². The molecule has 0 aliphatic rings. The maximum absolute atomic E-state index is 13.1. The Labute approximate surface area is 137 Å². The normalized spacial score (nSPS) is 11.5. The maximum Gasteiger partial charge on any atom is 0.271 e. The molecular formula is C17H16F2N2O3. The molecule has 7 heteroatoms. The van der Waals surface area contributed by atoms with Crippen molar-refractivity contribution in [2.75, 3.05) is 7.11 Å². The summed E-state index contributed by atoms with van der Waals surface area (Å²) in [6.07, 6.45) is 1.27. The quantitative estimate of drug-likeness (QED) is 0.651. The molecule has 126 valence electrons. The molecule has 0 aliphatic heterocycles. The smallest absolute Gasteiger partial charge is 0.271 e. The Balaban J connectivity index is 2.02. The zero-order valence-electron chi connectivity index (χ0n) is 13.1. The minimum atomic E-state index is -2.96. The van der Waals surface area contributed by atoms with Crippen molar-refractivity contribution in [3.8, 4) is 11.5 Å². The number of halogens is 2. The number of benzene rings is 2. The number of hydrazone groups is 1. The van der Waals surface area contributed by atoms with Gasteiger partial charge < -0.3 is 9.84 Å². The summed E-state index contributed by atoms with van der Waals surface area (Å²) >= 11 is 0. The number of carbonyl (C=O) groups is 1. The summed E-state index contributed by atoms with van der Waals surface area (Å²) in [6.45, 7) is 0.785. The highest BCUT2D eigenvalue weighted by molar-refractivity contribution is 5.95. The van der Waals surface area contributed by atoms with Crippen LogP contribution in [0.2, 0.25) is 0 Å². The van der Waals surface area contributed by atoms with Gasteiger partial charge in [0.2, 0.25) is 0 Å². The van der Waals surface area contributed by atoms with Gasteiger partial charge in [0, 0.05) is 29.7 Å². The fourth-order valence-electron chi connectivity index (χ4n) is 1.90. The average Bonchev–Trinajstić information content (AvgIpc) is 2.55. The highest BCUT2D eigenvalue weighted by Gasteiger charge is 2.24. The number of phenols is 1. The van der Waals surface area contributed by atoms with Crippen LogP contribution in [-0.2, 0) is 5.92 Å². The van der Waals surface area contributed by atoms with Gasteiger partial charge in [-0.15, -0.1) is 0 Å². The van der Waals surface area contributed by atoms with E-state index in [0.717, 1.165) is 6.92 Å². The second-order valence-corrected chi connectivity index (χ2v) is 5.09. The molecule has 2 rings (SSSR count). The second-order valence-electron chi connectivity index (χ2n) is 5.09. The van der Waals surface area contributed by atoms with Gasteiger partial charge in [0.25, 0.3) is 11.8 Å². The van der Waals surface area contributed by atoms with Crippen LogP contribution in [0.4, 0.5) is 8.78 Å². The molecule has 0 radical (unpaired) electrons. The first-order valence-corrected chi connectivity index (χ1v) is 7.00. The molecule has 0 saturated carbocycles. The molecule has 0 bridgehead atoms. The highest BCUT2D eigenvalue weighted by atomic mass is 19.3. The van der Waals surface area contributed by atoms with E-state index in [9.17, 15) is 18.7 Å². The maximum atomic E-state index is 13.1. The minimum absolute atomic E-state index is 0.0538. The zero-order chi connectivity index (χ0) is 17.7. The third kappa shape index (κ3) is 4.28. The van der Waals surface area contributed by atoms with Crippen molar-refractivity contribution >= 4 is 12.1 Å². The largest absolute Gasteiger partial charge is 0.507 e. The summed E-state index contributed by atoms with van der Waals surface area (Å²) in [5, 5.41) is 13.5. The van der Waals surface area contributed by atoms with Crippen molar-refractivity contribution in [1.82, 2.24) is 5.43 Å². The minimum Gasteiger partial charge on any atom is -0.507 e. The van der Waals surface area contributed by atoms with Gasteiger partial charge in [-0.3, -0.25) is 4.79 Å². The van der Waals surface area contributed by atoms with Gasteiger partial charge >= 0.3 is 0 Å². The van der Waals surface area contributed by atoms with Gasteiger partial charge in [0.15, 0.2) is 0 Å². The van der Waals surface area contributed by atoms with Crippen molar-refractivity contribution in [3.63, 3.8) is 0 Å². The van der Waals surface area contributed by atoms with Crippen LogP contribution in [0.1, 0.15) is 28.4 Å². The van der Waals surface area contributed by atoms with E-state index in [1.807, 2.05) is 0 Å². The number of rotatable bonds is 5. The van der Waals surface area contributed by atoms with Crippen LogP contribution in [0.15, 0.2) is 47.6 Å². The highest BCUT2D eigenvalue weighted by Crippen LogP contribution is 2.26. The van der Waals surface area contributed by atoms with Gasteiger partial charge in [-0.2, -0.15) is 5.10 Å². The Morgan fingerprint density at radius 3 is 2.46 bits per heavy atom. The Bertz CT molecular complexity index is 753. The van der Waals surface area contributed by atoms with Gasteiger partial charge in [0.05, 0.1) is 13.3 Å². The monoisotopic (exact) mass is 334 g/mol. The first-order chi connectivity index (χ1) is 11.3. The molecule has 24 heavy (non-hydrogen) atoms. The Kier molecular flexibility index (Phi) is 5.13. The summed E-state index contributed by atoms with van der Waals surface area (Å²) < 4.78 is 31.2. The lowest BCUT2D eigenvalue weighted by molar-refractivity contribution is 0.0174. The van der Waals surface area contributed by atoms with Crippen molar-refractivity contribution in [3.05, 3.63) is 59.2 Å². The number of methoxy groups -OCH3 is 1. The molecule has 0 spiro atoms. The number of hydrogen-bond acceptors (Lipinski definition) is 4. The summed E-state index contributed by atoms with van der Waals surface area (Å²) in [4.78, 5) is 11.9. The predicted molar refractivity (Wildman–Crippen MR) is 85.7 cm³/mol. The molecule has 0 atom stereocenters. The molecule has 0 aliphatic carbocycles. The second kappa shape index (κ2) is 7.08. The fraction of sp³-hybridized carbons (Fsp3) is 0.176. The lowest BCUT2D eigenvalue weighted by atomic mass is 10.1. The molecule has 2 N–H and O–H groups in total. The molecule has 2 aromatic carbocycles. The average molecular weight is 334 g/mol. The van der Waals surface area contributed by atoms with Crippen LogP contribution >= 0.6 is 0 Å². The molecule has 0 fully saturated rings. The van der Waals surface area contributed by atoms with E-state index in [0.29, 0.717) is 11.3 Å². The lowest BCUT2D eigenvalue weighted by Gasteiger charge is -2.10. The van der Waals surface area contributed by atoms with Crippen molar-refractivity contribution < 1.29 is 23.4 Å². The Morgan fingerprint density at radius 1 is 1.25 bits per heavy atom. The number of alkyl halides is 2. The number of nitrogens with one attached hydrogen (secondary N) is 1. The van der Waals surface area contributed by atoms with E-state index >= 15 is 0 Å². The Morgan fingerprint density at radius 2 is 1.92 bits per heavy atom. The van der Waals surface area contributed by atoms with Crippen LogP contribution in [0.25, 0.3) is 0 Å². The Hall–Kier alpha value is -2.96. The van der Waals surface area contributed by atoms with Gasteiger partial charge in [-0.25, -0.2) is 14.2 Å². The first-order valence-electron chi connectivity index (χ1n) is 7.00. The molecule has 0 unspecified atom stereocenters. The number of hydrogen-bond donors (Lipinski definition) is 2. The van der Waals surface area contributed by atoms with Gasteiger partial charge in [-0.05, 0) is 24.3 Å². The molecule has 0 heterocycles. The molecule has 1 amide bonds. The summed E-state index contributed by atoms with van der Waals surface area (Å²) in [5.74, 6) is -3.08. The standard InChI is InChI=1S/C17H16F2N2O3/c1-17(18,19)13-6-3-11(4-7-13)16(23)21-20-10-12-5-8-14(24-2)9-15(12)22/h3-10,22H,1-2H3,(H,21,23)/b20-10-. The topological polar surface area (TPSA) is 70.9 Å². The number of carbonyl (C=O) groups excluding carboxylic acids is 1. The van der Waals surface area contributed by atoms with Crippen molar-refractivity contribution in [2.24, 2.45) is 5.10 Å². The number of aromatic hydroxyl groups is 1. The molecule has 5 nitrogen and oxygen atoms in total. The van der Waals surface area contributed by atoms with Crippen LogP contribution < -0.4 is 10.2 Å². The van der Waals surface area contributed by atoms with E-state index in [1.165, 1.54) is 43.7 Å². The third-order valence-electron chi connectivity index (χ3n) is 3.26. The first kappa shape index (κ1) is 17.4. The summed E-state index contributed by atoms with van der Waals surface area (Å²) in [6, 6.07) is 9.58. The summed E-state index contributed by atoms with van der Waals surface area (Å²) in [5.41, 5.74) is 2.67. The number of ether oxygens (including phenoxy) is 1. The number of amides is 1. The number of phenolic OH excluding ortho intramolecular Hbond substituents is 1. The SMILES string of the molecule is COc1ccc(/C=N\NC(=O)c2ccc(C(C)(F)F)cc2)c(O)c1. The van der Waals surface area contributed by atoms with Crippen molar-refractivity contribution in [1.29, 1.82) is 0 Å². The number of nitrogens with zero attached hydrogens (tertiary/aromatic N) is 1. The van der Waals surface area contributed by atoms with E-state index < -0.39 is 11.8 Å². The van der Waals surface area contributed by atoms with E-state index in [2.05, 4.69) is 10.5 Å². The van der Waals surface area contributed by atoms with Crippen LogP contribution in [0.5, 0.6) is 11.5 Å². The zero-order valence-corrected chi connectivity index (χ0v) is 13.1. The predicted octanol–water partition coefficient (Wildman–Crippen LogP) is 3.28. The molecular weight excluding hydrogens is 318 g/mol. The molecule has 2 aromatic rings.